The third-order valence-electron chi connectivity index (χ3n) is 25.6. The van der Waals surface area contributed by atoms with E-state index in [9.17, 15) is 37.2 Å². The van der Waals surface area contributed by atoms with Crippen LogP contribution in [0.5, 0.6) is 23.0 Å². The lowest BCUT2D eigenvalue weighted by atomic mass is 9.88. The number of hydrogen-bond acceptors (Lipinski definition) is 20. The molecule has 9 aliphatic rings. The van der Waals surface area contributed by atoms with Crippen molar-refractivity contribution in [1.82, 2.24) is 0 Å². The molecule has 21 rings (SSSR count). The Kier molecular flexibility index (Phi) is 28.2. The van der Waals surface area contributed by atoms with Gasteiger partial charge in [0.05, 0.1) is 67.6 Å². The SMILES string of the molecule is Cc1cc([S+](c2ccccc2)c2ccccc2)cc(C)c1OCC(=O)O.Cc1cc([S+](c2ccccc2)c2ccccc2)cc(C)c1OCC(=O)OC1C2CC3C(=O)OC1C3C2.Cc1cc([S+](c2ccccc2)c2ccccc2)cc(C)c1OCC(=O)OC1C2CC3C(=O)OC1C3O2.Cc1cc([S+](c2ccccc2)c2ccccc2)cc(C)c1OCC(=O)OC1C2CC3C(O2)C1OS3(=O)=O. The second-order valence-corrected chi connectivity index (χ2v) is 44.8. The molecule has 692 valence electrons. The van der Waals surface area contributed by atoms with E-state index in [0.717, 1.165) is 62.2 Å². The van der Waals surface area contributed by atoms with Crippen LogP contribution in [-0.2, 0) is 120 Å². The van der Waals surface area contributed by atoms with Gasteiger partial charge in [-0.1, -0.05) is 146 Å². The molecule has 7 saturated heterocycles. The van der Waals surface area contributed by atoms with Crippen LogP contribution in [0.1, 0.15) is 70.2 Å². The van der Waals surface area contributed by atoms with Crippen LogP contribution in [0.2, 0.25) is 0 Å². The fourth-order valence-electron chi connectivity index (χ4n) is 20.0. The van der Waals surface area contributed by atoms with E-state index in [1.165, 1.54) is 53.9 Å². The summed E-state index contributed by atoms with van der Waals surface area (Å²) in [5.41, 5.74) is 7.61. The first-order chi connectivity index (χ1) is 65.4. The molecule has 2 aliphatic carbocycles. The molecule has 15 unspecified atom stereocenters. The first-order valence-electron chi connectivity index (χ1n) is 45.1. The maximum atomic E-state index is 12.7. The zero-order chi connectivity index (χ0) is 93.9. The standard InChI is InChI=1S/C30H29O5S.C29H27O6S.C28H27O7S2.C22H20O3S/c1-18-13-23(36(21-9-5-3-6-10-21)22-11-7-4-8-12-22)14-19(2)27(18)33-17-26(31)34-28-20-15-24-25(16-20)30(32)35-29(24)28;1-17-13-21(36(19-9-5-3-6-10-19)20-11-7-4-8-12-20)14-18(2)25(17)32-16-24(30)34-27-23-15-22-26(33-23)28(27)35-29(22)31;1-17-13-21(36(19-9-5-3-6-10-19)20-11-7-4-8-12-20)14-18(2)25(17)32-16-24(29)34-26-22-15-23-27(33-22)28(26)35-37(23,30)31;1-16-13-20(14-17(2)22(16)25-15-21(23)24)26(18-9-5-3-6-10-18)19-11-7-4-8-12-19/h3-14,20,24-25,28-29H,15-17H2,1-2H3;3-14,22-23,26-28H,15-16H2,1-2H3;3-14,22-23,26-28H,15-16H2,1-2H3;3-14H,15H2,1-2H3/q3*+1;/p+1. The minimum Gasteiger partial charge on any atom is -0.481 e. The van der Waals surface area contributed by atoms with Gasteiger partial charge in [-0.2, -0.15) is 8.42 Å². The Morgan fingerprint density at radius 2 is 0.593 bits per heavy atom. The Morgan fingerprint density at radius 3 is 0.911 bits per heavy atom. The van der Waals surface area contributed by atoms with Gasteiger partial charge >= 0.3 is 35.8 Å². The third kappa shape index (κ3) is 20.1. The number of ether oxygens (including phenoxy) is 11. The summed E-state index contributed by atoms with van der Waals surface area (Å²) in [7, 11) is -4.71. The second-order valence-electron chi connectivity index (χ2n) is 34.9. The van der Waals surface area contributed by atoms with Gasteiger partial charge in [0.2, 0.25) is 0 Å². The zero-order valence-corrected chi connectivity index (χ0v) is 79.8. The molecule has 26 heteroatoms. The predicted molar refractivity (Wildman–Crippen MR) is 510 cm³/mol. The summed E-state index contributed by atoms with van der Waals surface area (Å²) in [6.45, 7) is 14.9. The maximum absolute atomic E-state index is 12.7. The molecule has 6 bridgehead atoms. The number of carboxylic acids is 1. The van der Waals surface area contributed by atoms with Gasteiger partial charge < -0.3 is 57.2 Å². The number of fused-ring (bicyclic) bond motifs is 3. The molecule has 7 aliphatic heterocycles. The van der Waals surface area contributed by atoms with E-state index < -0.39 is 75.9 Å². The first-order valence-corrected chi connectivity index (χ1v) is 51.5. The van der Waals surface area contributed by atoms with Crippen LogP contribution in [0.25, 0.3) is 0 Å². The van der Waals surface area contributed by atoms with Gasteiger partial charge in [-0.3, -0.25) is 13.8 Å². The average Bonchev–Trinajstić information content (AvgIpc) is 1.57. The van der Waals surface area contributed by atoms with Crippen LogP contribution in [0.3, 0.4) is 0 Å². The summed E-state index contributed by atoms with van der Waals surface area (Å²) >= 11 is 0. The monoisotopic (exact) mass is 1910 g/mol. The molecule has 12 aromatic rings. The van der Waals surface area contributed by atoms with Crippen LogP contribution in [0, 0.1) is 79.1 Å². The number of carboxylic acid groups (broad SMARTS) is 1. The summed E-state index contributed by atoms with van der Waals surface area (Å²) in [5.74, 6) is 0.0547. The largest absolute Gasteiger partial charge is 0.481 e. The van der Waals surface area contributed by atoms with Crippen molar-refractivity contribution in [2.45, 2.75) is 206 Å². The number of aryl methyl sites for hydroxylation is 8. The van der Waals surface area contributed by atoms with Crippen molar-refractivity contribution >= 4 is 89.5 Å². The highest BCUT2D eigenvalue weighted by atomic mass is 32.2. The minimum atomic E-state index is -3.66. The van der Waals surface area contributed by atoms with Gasteiger partial charge in [-0.25, -0.2) is 19.2 Å². The van der Waals surface area contributed by atoms with Crippen molar-refractivity contribution in [2.75, 3.05) is 26.4 Å². The fourth-order valence-corrected chi connectivity index (χ4v) is 30.7. The first kappa shape index (κ1) is 93.3. The lowest BCUT2D eigenvalue weighted by molar-refractivity contribution is -0.163. The fraction of sp³-hybridized carbons (Fsp3) is 0.284. The van der Waals surface area contributed by atoms with Gasteiger partial charge in [-0.15, -0.1) is 0 Å². The number of aliphatic carboxylic acids is 1. The van der Waals surface area contributed by atoms with Gasteiger partial charge in [0, 0.05) is 60.4 Å². The summed E-state index contributed by atoms with van der Waals surface area (Å²) in [6.07, 6.45) is -2.26. The minimum absolute atomic E-state index is 0.00586. The molecule has 21 nitrogen and oxygen atoms in total. The summed E-state index contributed by atoms with van der Waals surface area (Å²) in [5, 5.41) is 8.21. The van der Waals surface area contributed by atoms with E-state index >= 15 is 0 Å². The van der Waals surface area contributed by atoms with Gasteiger partial charge in [0.25, 0.3) is 10.1 Å². The Hall–Kier alpha value is -12.1. The topological polar surface area (TPSA) is 268 Å². The van der Waals surface area contributed by atoms with E-state index in [1.54, 1.807) is 0 Å². The number of carbonyl (C=O) groups excluding carboxylic acids is 5. The van der Waals surface area contributed by atoms with Crippen molar-refractivity contribution in [3.05, 3.63) is 336 Å². The van der Waals surface area contributed by atoms with Crippen LogP contribution >= 0.6 is 0 Å². The van der Waals surface area contributed by atoms with Crippen LogP contribution in [-0.4, -0.2) is 142 Å². The number of hydrogen-bond donors (Lipinski definition) is 1. The number of carbonyl (C=O) groups is 6. The van der Waals surface area contributed by atoms with Crippen LogP contribution in [0.4, 0.5) is 0 Å². The average molecular weight is 1910 g/mol. The Bertz CT molecular complexity index is 6000. The number of esters is 5. The summed E-state index contributed by atoms with van der Waals surface area (Å²) < 4.78 is 92.0. The molecule has 2 saturated carbocycles. The summed E-state index contributed by atoms with van der Waals surface area (Å²) in [6, 6.07) is 101. The molecule has 0 spiro atoms. The van der Waals surface area contributed by atoms with Crippen molar-refractivity contribution in [3.63, 3.8) is 0 Å². The molecule has 15 atom stereocenters. The highest BCUT2D eigenvalue weighted by molar-refractivity contribution is 7.98. The normalized spacial score (nSPS) is 23.2. The molecule has 0 radical (unpaired) electrons. The van der Waals surface area contributed by atoms with E-state index in [0.29, 0.717) is 29.4 Å². The molecule has 1 N–H and O–H groups in total. The zero-order valence-electron chi connectivity index (χ0n) is 75.7. The van der Waals surface area contributed by atoms with E-state index in [-0.39, 0.29) is 136 Å². The molecule has 0 amide bonds. The van der Waals surface area contributed by atoms with Gasteiger partial charge in [0.1, 0.15) is 58.8 Å². The molecule has 7 heterocycles. The Labute approximate surface area is 797 Å². The predicted octanol–water partition coefficient (Wildman–Crippen LogP) is 18.5. The van der Waals surface area contributed by atoms with Crippen molar-refractivity contribution < 1.29 is 98.6 Å². The number of benzene rings is 12. The van der Waals surface area contributed by atoms with Gasteiger partial charge in [-0.05, 0) is 223 Å². The highest BCUT2D eigenvalue weighted by Crippen LogP contribution is 2.56. The highest BCUT2D eigenvalue weighted by Gasteiger charge is 2.68. The molecule has 9 fully saturated rings. The lowest BCUT2D eigenvalue weighted by Gasteiger charge is -2.25. The quantitative estimate of drug-likeness (QED) is 0.0217. The lowest BCUT2D eigenvalue weighted by Crippen LogP contribution is -2.42. The van der Waals surface area contributed by atoms with Crippen molar-refractivity contribution in [1.29, 1.82) is 0 Å². The maximum Gasteiger partial charge on any atom is 0.344 e. The van der Waals surface area contributed by atoms with Crippen molar-refractivity contribution in [3.8, 4) is 23.0 Å². The second kappa shape index (κ2) is 40.8. The molecular weight excluding hydrogens is 1810 g/mol. The van der Waals surface area contributed by atoms with E-state index in [4.69, 9.17) is 61.4 Å². The molecule has 135 heavy (non-hydrogen) atoms. The molecule has 12 aromatic carbocycles. The smallest absolute Gasteiger partial charge is 0.344 e. The van der Waals surface area contributed by atoms with Crippen LogP contribution < -0.4 is 18.9 Å². The van der Waals surface area contributed by atoms with Crippen LogP contribution in [0.15, 0.2) is 350 Å². The molecule has 0 aromatic heterocycles. The number of rotatable bonds is 27. The van der Waals surface area contributed by atoms with E-state index in [2.05, 4.69) is 243 Å². The third-order valence-corrected chi connectivity index (χ3v) is 36.1. The van der Waals surface area contributed by atoms with E-state index in [1.807, 2.05) is 104 Å². The summed E-state index contributed by atoms with van der Waals surface area (Å²) in [4.78, 5) is 87.3. The molecular formula is C109H104O21S5+4. The van der Waals surface area contributed by atoms with Crippen molar-refractivity contribution in [2.24, 2.45) is 23.7 Å². The van der Waals surface area contributed by atoms with Gasteiger partial charge in [0.15, 0.2) is 103 Å². The Balaban J connectivity index is 0.000000121. The Morgan fingerprint density at radius 1 is 0.319 bits per heavy atom.